The zero-order chi connectivity index (χ0) is 8.97. The Kier molecular flexibility index (Phi) is 4.07. The van der Waals surface area contributed by atoms with Crippen LogP contribution in [-0.4, -0.2) is 24.0 Å². The van der Waals surface area contributed by atoms with Gasteiger partial charge >= 0.3 is 0 Å². The normalized spacial score (nSPS) is 31.2. The van der Waals surface area contributed by atoms with Gasteiger partial charge in [0.1, 0.15) is 0 Å². The third kappa shape index (κ3) is 2.78. The van der Waals surface area contributed by atoms with Crippen molar-refractivity contribution in [3.8, 4) is 0 Å². The number of hydrogen-bond donors (Lipinski definition) is 0. The van der Waals surface area contributed by atoms with Crippen LogP contribution in [0.1, 0.15) is 46.5 Å². The Morgan fingerprint density at radius 1 is 1.25 bits per heavy atom. The second-order valence-electron chi connectivity index (χ2n) is 4.39. The van der Waals surface area contributed by atoms with Gasteiger partial charge in [0.05, 0.1) is 0 Å². The third-order valence-electron chi connectivity index (χ3n) is 2.96. The molecule has 0 aliphatic carbocycles. The van der Waals surface area contributed by atoms with Crippen LogP contribution in [0.3, 0.4) is 0 Å². The Morgan fingerprint density at radius 2 is 2.00 bits per heavy atom. The second kappa shape index (κ2) is 4.86. The summed E-state index contributed by atoms with van der Waals surface area (Å²) in [5.74, 6) is 0.932. The number of rotatable bonds is 4. The van der Waals surface area contributed by atoms with E-state index in [0.717, 1.165) is 12.0 Å². The van der Waals surface area contributed by atoms with E-state index in [1.54, 1.807) is 0 Å². The summed E-state index contributed by atoms with van der Waals surface area (Å²) in [5, 5.41) is 0. The Labute approximate surface area is 77.1 Å². The van der Waals surface area contributed by atoms with E-state index in [2.05, 4.69) is 25.7 Å². The van der Waals surface area contributed by atoms with Crippen LogP contribution in [0.25, 0.3) is 0 Å². The maximum atomic E-state index is 2.65. The van der Waals surface area contributed by atoms with Crippen molar-refractivity contribution in [1.29, 1.82) is 0 Å². The summed E-state index contributed by atoms with van der Waals surface area (Å²) in [7, 11) is 0. The van der Waals surface area contributed by atoms with Crippen LogP contribution in [0.5, 0.6) is 0 Å². The van der Waals surface area contributed by atoms with Crippen LogP contribution in [-0.2, 0) is 0 Å². The van der Waals surface area contributed by atoms with E-state index in [-0.39, 0.29) is 0 Å². The minimum atomic E-state index is 0.844. The van der Waals surface area contributed by atoms with Gasteiger partial charge in [-0.2, -0.15) is 0 Å². The molecule has 12 heavy (non-hydrogen) atoms. The van der Waals surface area contributed by atoms with Crippen molar-refractivity contribution in [3.63, 3.8) is 0 Å². The zero-order valence-corrected chi connectivity index (χ0v) is 8.84. The predicted octanol–water partition coefficient (Wildman–Crippen LogP) is 2.91. The molecule has 1 nitrogen and oxygen atoms in total. The monoisotopic (exact) mass is 169 g/mol. The van der Waals surface area contributed by atoms with Gasteiger partial charge in [0, 0.05) is 12.6 Å². The maximum Gasteiger partial charge on any atom is 0.00700 e. The second-order valence-corrected chi connectivity index (χ2v) is 4.39. The van der Waals surface area contributed by atoms with Crippen molar-refractivity contribution in [2.45, 2.75) is 52.5 Å². The average molecular weight is 169 g/mol. The summed E-state index contributed by atoms with van der Waals surface area (Å²) in [5.41, 5.74) is 0. The molecule has 1 rings (SSSR count). The van der Waals surface area contributed by atoms with Crippen LogP contribution in [0.15, 0.2) is 0 Å². The summed E-state index contributed by atoms with van der Waals surface area (Å²) < 4.78 is 0. The minimum absolute atomic E-state index is 0.844. The SMILES string of the molecule is CCCCCN1CC(C)CC1C. The molecule has 2 unspecified atom stereocenters. The van der Waals surface area contributed by atoms with Crippen molar-refractivity contribution in [2.24, 2.45) is 5.92 Å². The highest BCUT2D eigenvalue weighted by Crippen LogP contribution is 2.22. The van der Waals surface area contributed by atoms with Crippen molar-refractivity contribution in [2.75, 3.05) is 13.1 Å². The average Bonchev–Trinajstić information content (AvgIpc) is 2.31. The molecular formula is C11H23N. The van der Waals surface area contributed by atoms with E-state index in [1.165, 1.54) is 38.8 Å². The molecule has 0 amide bonds. The largest absolute Gasteiger partial charge is 0.300 e. The summed E-state index contributed by atoms with van der Waals surface area (Å²) in [6.07, 6.45) is 5.55. The fraction of sp³-hybridized carbons (Fsp3) is 1.00. The van der Waals surface area contributed by atoms with Gasteiger partial charge in [-0.25, -0.2) is 0 Å². The van der Waals surface area contributed by atoms with E-state index in [1.807, 2.05) is 0 Å². The van der Waals surface area contributed by atoms with Crippen LogP contribution in [0, 0.1) is 5.92 Å². The highest BCUT2D eigenvalue weighted by atomic mass is 15.2. The molecule has 0 saturated carbocycles. The van der Waals surface area contributed by atoms with Crippen LogP contribution in [0.4, 0.5) is 0 Å². The van der Waals surface area contributed by atoms with Gasteiger partial charge in [-0.15, -0.1) is 0 Å². The van der Waals surface area contributed by atoms with Gasteiger partial charge in [0.15, 0.2) is 0 Å². The van der Waals surface area contributed by atoms with Gasteiger partial charge in [-0.1, -0.05) is 26.7 Å². The molecule has 0 bridgehead atoms. The predicted molar refractivity (Wildman–Crippen MR) is 54.3 cm³/mol. The first-order valence-electron chi connectivity index (χ1n) is 5.48. The van der Waals surface area contributed by atoms with Crippen LogP contribution >= 0.6 is 0 Å². The maximum absolute atomic E-state index is 2.65. The molecule has 0 aromatic carbocycles. The van der Waals surface area contributed by atoms with Gasteiger partial charge < -0.3 is 4.90 Å². The molecule has 0 aromatic heterocycles. The lowest BCUT2D eigenvalue weighted by Gasteiger charge is -2.20. The van der Waals surface area contributed by atoms with Crippen molar-refractivity contribution in [1.82, 2.24) is 4.90 Å². The summed E-state index contributed by atoms with van der Waals surface area (Å²) >= 11 is 0. The molecule has 0 radical (unpaired) electrons. The highest BCUT2D eigenvalue weighted by Gasteiger charge is 2.24. The van der Waals surface area contributed by atoms with Gasteiger partial charge in [-0.05, 0) is 32.2 Å². The standard InChI is InChI=1S/C11H23N/c1-4-5-6-7-12-9-10(2)8-11(12)3/h10-11H,4-9H2,1-3H3. The molecule has 1 heterocycles. The molecule has 1 aliphatic heterocycles. The quantitative estimate of drug-likeness (QED) is 0.585. The van der Waals surface area contributed by atoms with Gasteiger partial charge in [0.25, 0.3) is 0 Å². The first-order chi connectivity index (χ1) is 5.74. The highest BCUT2D eigenvalue weighted by molar-refractivity contribution is 4.79. The molecule has 1 fully saturated rings. The van der Waals surface area contributed by atoms with Crippen molar-refractivity contribution >= 4 is 0 Å². The lowest BCUT2D eigenvalue weighted by molar-refractivity contribution is 0.259. The number of hydrogen-bond acceptors (Lipinski definition) is 1. The summed E-state index contributed by atoms with van der Waals surface area (Å²) in [6.45, 7) is 9.69. The van der Waals surface area contributed by atoms with Crippen molar-refractivity contribution in [3.05, 3.63) is 0 Å². The zero-order valence-electron chi connectivity index (χ0n) is 8.84. The lowest BCUT2D eigenvalue weighted by atomic mass is 10.1. The fourth-order valence-electron chi connectivity index (χ4n) is 2.26. The van der Waals surface area contributed by atoms with Crippen LogP contribution < -0.4 is 0 Å². The van der Waals surface area contributed by atoms with E-state index >= 15 is 0 Å². The Bertz CT molecular complexity index is 122. The number of nitrogens with zero attached hydrogens (tertiary/aromatic N) is 1. The topological polar surface area (TPSA) is 3.24 Å². The molecule has 1 saturated heterocycles. The molecule has 0 aromatic rings. The lowest BCUT2D eigenvalue weighted by Crippen LogP contribution is -2.28. The molecular weight excluding hydrogens is 146 g/mol. The van der Waals surface area contributed by atoms with E-state index in [0.29, 0.717) is 0 Å². The van der Waals surface area contributed by atoms with Crippen molar-refractivity contribution < 1.29 is 0 Å². The molecule has 0 N–H and O–H groups in total. The smallest absolute Gasteiger partial charge is 0.00700 e. The molecule has 72 valence electrons. The Balaban J connectivity index is 2.15. The first-order valence-corrected chi connectivity index (χ1v) is 5.48. The summed E-state index contributed by atoms with van der Waals surface area (Å²) in [4.78, 5) is 2.65. The summed E-state index contributed by atoms with van der Waals surface area (Å²) in [6, 6.07) is 0.844. The Morgan fingerprint density at radius 3 is 2.50 bits per heavy atom. The van der Waals surface area contributed by atoms with E-state index in [9.17, 15) is 0 Å². The number of likely N-dealkylation sites (tertiary alicyclic amines) is 1. The molecule has 1 heteroatoms. The molecule has 1 aliphatic rings. The van der Waals surface area contributed by atoms with Gasteiger partial charge in [0.2, 0.25) is 0 Å². The van der Waals surface area contributed by atoms with Gasteiger partial charge in [-0.3, -0.25) is 0 Å². The van der Waals surface area contributed by atoms with E-state index in [4.69, 9.17) is 0 Å². The molecule has 2 atom stereocenters. The number of unbranched alkanes of at least 4 members (excludes halogenated alkanes) is 2. The molecule has 0 spiro atoms. The van der Waals surface area contributed by atoms with Crippen LogP contribution in [0.2, 0.25) is 0 Å². The Hall–Kier alpha value is -0.0400. The minimum Gasteiger partial charge on any atom is -0.300 e. The first kappa shape index (κ1) is 10.0. The third-order valence-corrected chi connectivity index (χ3v) is 2.96. The van der Waals surface area contributed by atoms with E-state index < -0.39 is 0 Å². The fourth-order valence-corrected chi connectivity index (χ4v) is 2.26.